The Balaban J connectivity index is 2.17. The highest BCUT2D eigenvalue weighted by Gasteiger charge is 2.26. The molecule has 0 bridgehead atoms. The van der Waals surface area contributed by atoms with Gasteiger partial charge in [-0.25, -0.2) is 28.3 Å². The summed E-state index contributed by atoms with van der Waals surface area (Å²) in [6.45, 7) is 0. The van der Waals surface area contributed by atoms with Crippen LogP contribution in [0.5, 0.6) is 5.75 Å². The Bertz CT molecular complexity index is 1160. The molecule has 3 aromatic rings. The van der Waals surface area contributed by atoms with E-state index in [1.54, 1.807) is 30.3 Å². The van der Waals surface area contributed by atoms with Crippen molar-refractivity contribution >= 4 is 5.97 Å². The second kappa shape index (κ2) is 7.78. The van der Waals surface area contributed by atoms with E-state index < -0.39 is 29.1 Å². The quantitative estimate of drug-likeness (QED) is 0.641. The summed E-state index contributed by atoms with van der Waals surface area (Å²) < 4.78 is 6.29. The zero-order chi connectivity index (χ0) is 20.3. The maximum atomic E-state index is 12.9. The van der Waals surface area contributed by atoms with Crippen LogP contribution >= 0.6 is 0 Å². The van der Waals surface area contributed by atoms with Gasteiger partial charge in [-0.3, -0.25) is 4.98 Å². The van der Waals surface area contributed by atoms with Crippen molar-refractivity contribution in [2.75, 3.05) is 7.11 Å². The van der Waals surface area contributed by atoms with Gasteiger partial charge in [-0.2, -0.15) is 0 Å². The summed E-state index contributed by atoms with van der Waals surface area (Å²) in [5.74, 6) is -0.856. The fraction of sp³-hybridized carbons (Fsp3) is 0.158. The average Bonchev–Trinajstić information content (AvgIpc) is 2.68. The Morgan fingerprint density at radius 1 is 1.04 bits per heavy atom. The van der Waals surface area contributed by atoms with E-state index >= 15 is 0 Å². The number of H-pyrrole nitrogens is 1. The van der Waals surface area contributed by atoms with Gasteiger partial charge in [0.1, 0.15) is 11.8 Å². The zero-order valence-electron chi connectivity index (χ0n) is 14.9. The maximum Gasteiger partial charge on any atom is 0.341 e. The van der Waals surface area contributed by atoms with E-state index in [4.69, 9.17) is 4.74 Å². The maximum absolute atomic E-state index is 12.9. The molecular formula is C19H17N3O6. The molecule has 3 rings (SSSR count). The first-order valence-corrected chi connectivity index (χ1v) is 8.31. The lowest BCUT2D eigenvalue weighted by atomic mass is 10.1. The first kappa shape index (κ1) is 18.9. The molecule has 0 amide bonds. The molecule has 0 spiro atoms. The monoisotopic (exact) mass is 383 g/mol. The second-order valence-corrected chi connectivity index (χ2v) is 5.97. The number of nitrogens with one attached hydrogen (secondary N) is 1. The van der Waals surface area contributed by atoms with Gasteiger partial charge in [-0.05, 0) is 29.8 Å². The van der Waals surface area contributed by atoms with E-state index in [1.807, 2.05) is 4.98 Å². The number of hydrogen-bond donors (Lipinski definition) is 2. The van der Waals surface area contributed by atoms with Crippen molar-refractivity contribution in [2.45, 2.75) is 12.5 Å². The van der Waals surface area contributed by atoms with Crippen LogP contribution in [0, 0.1) is 0 Å². The number of carboxylic acid groups (broad SMARTS) is 1. The highest BCUT2D eigenvalue weighted by Crippen LogP contribution is 2.14. The zero-order valence-corrected chi connectivity index (χ0v) is 14.9. The van der Waals surface area contributed by atoms with Gasteiger partial charge in [0.2, 0.25) is 0 Å². The highest BCUT2D eigenvalue weighted by atomic mass is 16.5. The molecule has 9 heteroatoms. The lowest BCUT2D eigenvalue weighted by molar-refractivity contribution is -0.141. The molecule has 1 atom stereocenters. The minimum Gasteiger partial charge on any atom is -0.497 e. The van der Waals surface area contributed by atoms with Crippen molar-refractivity contribution in [3.05, 3.63) is 91.6 Å². The molecule has 0 saturated heterocycles. The Kier molecular flexibility index (Phi) is 5.25. The van der Waals surface area contributed by atoms with E-state index in [2.05, 4.69) is 0 Å². The highest BCUT2D eigenvalue weighted by molar-refractivity contribution is 5.72. The standard InChI is InChI=1S/C19H17N3O6/c1-28-14-9-7-13(8-10-14)21-17(25)20-18(26)22(19(21)27)15(16(23)24)11-12-5-3-2-4-6-12/h2-10,15H,11H2,1H3,(H,23,24)(H,20,25,26)/t15-/m0/s1. The summed E-state index contributed by atoms with van der Waals surface area (Å²) >= 11 is 0. The van der Waals surface area contributed by atoms with Gasteiger partial charge >= 0.3 is 23.0 Å². The molecular weight excluding hydrogens is 366 g/mol. The number of hydrogen-bond acceptors (Lipinski definition) is 5. The number of aliphatic carboxylic acids is 1. The van der Waals surface area contributed by atoms with Crippen LogP contribution in [0.3, 0.4) is 0 Å². The van der Waals surface area contributed by atoms with E-state index in [0.717, 1.165) is 0 Å². The fourth-order valence-corrected chi connectivity index (χ4v) is 2.85. The van der Waals surface area contributed by atoms with Gasteiger partial charge in [-0.1, -0.05) is 30.3 Å². The van der Waals surface area contributed by atoms with E-state index in [9.17, 15) is 24.3 Å². The first-order chi connectivity index (χ1) is 13.4. The molecule has 28 heavy (non-hydrogen) atoms. The largest absolute Gasteiger partial charge is 0.497 e. The van der Waals surface area contributed by atoms with Gasteiger partial charge in [0, 0.05) is 6.42 Å². The molecule has 2 N–H and O–H groups in total. The van der Waals surface area contributed by atoms with Gasteiger partial charge in [-0.15, -0.1) is 0 Å². The summed E-state index contributed by atoms with van der Waals surface area (Å²) in [6, 6.07) is 13.1. The first-order valence-electron chi connectivity index (χ1n) is 8.31. The Morgan fingerprint density at radius 3 is 2.25 bits per heavy atom. The number of methoxy groups -OCH3 is 1. The summed E-state index contributed by atoms with van der Waals surface area (Å²) in [5.41, 5.74) is -2.28. The number of aromatic amines is 1. The van der Waals surface area contributed by atoms with Crippen molar-refractivity contribution in [1.82, 2.24) is 14.1 Å². The van der Waals surface area contributed by atoms with Crippen molar-refractivity contribution in [1.29, 1.82) is 0 Å². The van der Waals surface area contributed by atoms with Crippen LogP contribution in [0.25, 0.3) is 5.69 Å². The third kappa shape index (κ3) is 3.63. The molecule has 1 aromatic heterocycles. The minimum atomic E-state index is -1.48. The van der Waals surface area contributed by atoms with Crippen molar-refractivity contribution < 1.29 is 14.6 Å². The minimum absolute atomic E-state index is 0.0972. The van der Waals surface area contributed by atoms with Crippen LogP contribution < -0.4 is 21.8 Å². The third-order valence-electron chi connectivity index (χ3n) is 4.23. The predicted octanol–water partition coefficient (Wildman–Crippen LogP) is 0.564. The predicted molar refractivity (Wildman–Crippen MR) is 100 cm³/mol. The van der Waals surface area contributed by atoms with Crippen molar-refractivity contribution in [3.8, 4) is 11.4 Å². The van der Waals surface area contributed by atoms with Crippen LogP contribution in [-0.2, 0) is 11.2 Å². The lowest BCUT2D eigenvalue weighted by Gasteiger charge is -2.16. The Morgan fingerprint density at radius 2 is 1.68 bits per heavy atom. The van der Waals surface area contributed by atoms with E-state index in [-0.39, 0.29) is 12.1 Å². The molecule has 2 aromatic carbocycles. The molecule has 0 saturated carbocycles. The Labute approximate surface area is 158 Å². The second-order valence-electron chi connectivity index (χ2n) is 5.97. The molecule has 0 aliphatic rings. The van der Waals surface area contributed by atoms with Gasteiger partial charge in [0.25, 0.3) is 0 Å². The molecule has 0 fully saturated rings. The smallest absolute Gasteiger partial charge is 0.341 e. The van der Waals surface area contributed by atoms with E-state index in [0.29, 0.717) is 20.4 Å². The molecule has 0 radical (unpaired) electrons. The fourth-order valence-electron chi connectivity index (χ4n) is 2.85. The molecule has 1 heterocycles. The lowest BCUT2D eigenvalue weighted by Crippen LogP contribution is -2.51. The Hall–Kier alpha value is -3.88. The molecule has 0 unspecified atom stereocenters. The van der Waals surface area contributed by atoms with Crippen molar-refractivity contribution in [2.24, 2.45) is 0 Å². The number of aromatic nitrogens is 3. The van der Waals surface area contributed by atoms with Gasteiger partial charge in [0.05, 0.1) is 12.8 Å². The summed E-state index contributed by atoms with van der Waals surface area (Å²) in [5, 5.41) is 9.62. The molecule has 0 aliphatic carbocycles. The number of rotatable bonds is 6. The normalized spacial score (nSPS) is 11.8. The van der Waals surface area contributed by atoms with Crippen LogP contribution in [0.1, 0.15) is 11.6 Å². The van der Waals surface area contributed by atoms with Crippen LogP contribution in [0.15, 0.2) is 69.0 Å². The van der Waals surface area contributed by atoms with Crippen molar-refractivity contribution in [3.63, 3.8) is 0 Å². The molecule has 9 nitrogen and oxygen atoms in total. The number of carboxylic acids is 1. The third-order valence-corrected chi connectivity index (χ3v) is 4.23. The summed E-state index contributed by atoms with van der Waals surface area (Å²) in [7, 11) is 1.47. The number of carbonyl (C=O) groups is 1. The number of ether oxygens (including phenoxy) is 1. The van der Waals surface area contributed by atoms with E-state index in [1.165, 1.54) is 31.4 Å². The van der Waals surface area contributed by atoms with Crippen LogP contribution in [0.2, 0.25) is 0 Å². The molecule has 0 aliphatic heterocycles. The van der Waals surface area contributed by atoms with Gasteiger partial charge in [0.15, 0.2) is 0 Å². The van der Waals surface area contributed by atoms with Gasteiger partial charge < -0.3 is 9.84 Å². The van der Waals surface area contributed by atoms with Crippen LogP contribution in [-0.4, -0.2) is 32.3 Å². The SMILES string of the molecule is COc1ccc(-n2c(=O)[nH]c(=O)n([C@@H](Cc3ccccc3)C(=O)O)c2=O)cc1. The summed E-state index contributed by atoms with van der Waals surface area (Å²) in [6.07, 6.45) is -0.0972. The average molecular weight is 383 g/mol. The van der Waals surface area contributed by atoms with Crippen LogP contribution in [0.4, 0.5) is 0 Å². The molecule has 144 valence electrons. The topological polar surface area (TPSA) is 123 Å². The summed E-state index contributed by atoms with van der Waals surface area (Å²) in [4.78, 5) is 51.3. The number of nitrogens with zero attached hydrogens (tertiary/aromatic N) is 2. The number of benzene rings is 2.